The zero-order chi connectivity index (χ0) is 14.8. The first-order chi connectivity index (χ1) is 10.9. The van der Waals surface area contributed by atoms with Crippen LogP contribution in [0.1, 0.15) is 30.7 Å². The van der Waals surface area contributed by atoms with E-state index in [9.17, 15) is 0 Å². The fraction of sp³-hybridized carbons (Fsp3) is 0.316. The molecule has 3 aromatic rings. The number of nitrogens with one attached hydrogen (secondary N) is 1. The van der Waals surface area contributed by atoms with E-state index >= 15 is 0 Å². The third kappa shape index (κ3) is 2.79. The first kappa shape index (κ1) is 13.9. The molecular formula is C19H20N2S. The van der Waals surface area contributed by atoms with Crippen LogP contribution in [0.4, 0.5) is 0 Å². The molecule has 1 N–H and O–H groups in total. The lowest BCUT2D eigenvalue weighted by Crippen LogP contribution is -2.25. The molecule has 1 heterocycles. The second-order valence-corrected chi connectivity index (χ2v) is 7.12. The molecule has 1 fully saturated rings. The Labute approximate surface area is 135 Å². The Hall–Kier alpha value is -1.71. The Balaban J connectivity index is 1.57. The van der Waals surface area contributed by atoms with Crippen molar-refractivity contribution in [2.45, 2.75) is 38.3 Å². The molecule has 0 bridgehead atoms. The molecule has 0 aliphatic heterocycles. The largest absolute Gasteiger partial charge is 0.308 e. The highest BCUT2D eigenvalue weighted by atomic mass is 32.1. The van der Waals surface area contributed by atoms with Crippen LogP contribution in [0.5, 0.6) is 0 Å². The summed E-state index contributed by atoms with van der Waals surface area (Å²) in [5.74, 6) is 0. The van der Waals surface area contributed by atoms with E-state index in [1.165, 1.54) is 51.9 Å². The van der Waals surface area contributed by atoms with E-state index in [4.69, 9.17) is 0 Å². The molecule has 0 radical (unpaired) electrons. The van der Waals surface area contributed by atoms with Gasteiger partial charge in [0.25, 0.3) is 0 Å². The second-order valence-electron chi connectivity index (χ2n) is 6.01. The maximum absolute atomic E-state index is 4.62. The average Bonchev–Trinajstić information content (AvgIpc) is 3.24. The molecule has 1 saturated carbocycles. The molecule has 1 aliphatic rings. The van der Waals surface area contributed by atoms with Crippen molar-refractivity contribution in [3.8, 4) is 10.4 Å². The van der Waals surface area contributed by atoms with Crippen molar-refractivity contribution in [1.82, 2.24) is 10.3 Å². The Morgan fingerprint density at radius 1 is 1.05 bits per heavy atom. The van der Waals surface area contributed by atoms with E-state index in [2.05, 4.69) is 52.8 Å². The van der Waals surface area contributed by atoms with Gasteiger partial charge in [-0.1, -0.05) is 55.3 Å². The van der Waals surface area contributed by atoms with Crippen molar-refractivity contribution in [3.63, 3.8) is 0 Å². The summed E-state index contributed by atoms with van der Waals surface area (Å²) in [7, 11) is 0. The topological polar surface area (TPSA) is 24.9 Å². The molecule has 0 atom stereocenters. The molecule has 0 saturated heterocycles. The van der Waals surface area contributed by atoms with Crippen LogP contribution in [0.2, 0.25) is 0 Å². The van der Waals surface area contributed by atoms with Crippen LogP contribution >= 0.6 is 11.3 Å². The Kier molecular flexibility index (Phi) is 3.92. The molecule has 3 heteroatoms. The van der Waals surface area contributed by atoms with Crippen LogP contribution in [0, 0.1) is 0 Å². The fourth-order valence-corrected chi connectivity index (χ4v) is 4.23. The van der Waals surface area contributed by atoms with Crippen LogP contribution in [0.3, 0.4) is 0 Å². The number of hydrogen-bond acceptors (Lipinski definition) is 3. The normalized spacial score (nSPS) is 15.6. The van der Waals surface area contributed by atoms with E-state index in [0.29, 0.717) is 6.04 Å². The van der Waals surface area contributed by atoms with Crippen LogP contribution < -0.4 is 5.32 Å². The summed E-state index contributed by atoms with van der Waals surface area (Å²) in [4.78, 5) is 5.88. The van der Waals surface area contributed by atoms with Crippen molar-refractivity contribution < 1.29 is 0 Å². The molecule has 112 valence electrons. The van der Waals surface area contributed by atoms with Gasteiger partial charge in [0.2, 0.25) is 0 Å². The third-order valence-corrected chi connectivity index (χ3v) is 5.54. The smallest absolute Gasteiger partial charge is 0.107 e. The number of hydrogen-bond donors (Lipinski definition) is 1. The first-order valence-electron chi connectivity index (χ1n) is 8.06. The fourth-order valence-electron chi connectivity index (χ4n) is 3.32. The molecule has 2 aromatic carbocycles. The highest BCUT2D eigenvalue weighted by molar-refractivity contribution is 7.15. The first-order valence-corrected chi connectivity index (χ1v) is 8.88. The van der Waals surface area contributed by atoms with Gasteiger partial charge in [-0.2, -0.15) is 0 Å². The zero-order valence-corrected chi connectivity index (χ0v) is 13.4. The Bertz CT molecular complexity index is 766. The SMILES string of the molecule is c1ccc2c(-c3cnc(CNC4CCCC4)s3)cccc2c1. The Morgan fingerprint density at radius 2 is 1.86 bits per heavy atom. The molecule has 0 unspecified atom stereocenters. The van der Waals surface area contributed by atoms with Gasteiger partial charge in [0.1, 0.15) is 5.01 Å². The molecule has 22 heavy (non-hydrogen) atoms. The summed E-state index contributed by atoms with van der Waals surface area (Å²) in [6.07, 6.45) is 7.41. The molecular weight excluding hydrogens is 288 g/mol. The molecule has 0 amide bonds. The minimum atomic E-state index is 0.699. The minimum absolute atomic E-state index is 0.699. The number of nitrogens with zero attached hydrogens (tertiary/aromatic N) is 1. The lowest BCUT2D eigenvalue weighted by Gasteiger charge is -2.09. The lowest BCUT2D eigenvalue weighted by molar-refractivity contribution is 0.523. The number of fused-ring (bicyclic) bond motifs is 1. The van der Waals surface area contributed by atoms with E-state index in [0.717, 1.165) is 6.54 Å². The van der Waals surface area contributed by atoms with E-state index < -0.39 is 0 Å². The summed E-state index contributed by atoms with van der Waals surface area (Å²) in [6, 6.07) is 15.8. The van der Waals surface area contributed by atoms with Crippen LogP contribution in [-0.2, 0) is 6.54 Å². The maximum atomic E-state index is 4.62. The van der Waals surface area contributed by atoms with Crippen molar-refractivity contribution in [2.75, 3.05) is 0 Å². The van der Waals surface area contributed by atoms with E-state index in [1.54, 1.807) is 0 Å². The van der Waals surface area contributed by atoms with Gasteiger partial charge in [-0.15, -0.1) is 11.3 Å². The van der Waals surface area contributed by atoms with Crippen LogP contribution in [-0.4, -0.2) is 11.0 Å². The summed E-state index contributed by atoms with van der Waals surface area (Å²) >= 11 is 1.81. The zero-order valence-electron chi connectivity index (χ0n) is 12.6. The molecule has 4 rings (SSSR count). The summed E-state index contributed by atoms with van der Waals surface area (Å²) in [5.41, 5.74) is 1.29. The molecule has 0 spiro atoms. The summed E-state index contributed by atoms with van der Waals surface area (Å²) < 4.78 is 0. The summed E-state index contributed by atoms with van der Waals surface area (Å²) in [5, 5.41) is 7.44. The van der Waals surface area contributed by atoms with Gasteiger partial charge in [0, 0.05) is 24.3 Å². The van der Waals surface area contributed by atoms with Gasteiger partial charge >= 0.3 is 0 Å². The number of thiazole rings is 1. The third-order valence-electron chi connectivity index (χ3n) is 4.51. The second kappa shape index (κ2) is 6.19. The lowest BCUT2D eigenvalue weighted by atomic mass is 10.0. The average molecular weight is 308 g/mol. The van der Waals surface area contributed by atoms with E-state index in [1.807, 2.05) is 17.5 Å². The van der Waals surface area contributed by atoms with Crippen molar-refractivity contribution in [1.29, 1.82) is 0 Å². The Morgan fingerprint density at radius 3 is 2.77 bits per heavy atom. The monoisotopic (exact) mass is 308 g/mol. The predicted molar refractivity (Wildman–Crippen MR) is 94.2 cm³/mol. The summed E-state index contributed by atoms with van der Waals surface area (Å²) in [6.45, 7) is 0.903. The number of aromatic nitrogens is 1. The molecule has 2 nitrogen and oxygen atoms in total. The maximum Gasteiger partial charge on any atom is 0.107 e. The van der Waals surface area contributed by atoms with Gasteiger partial charge in [0.05, 0.1) is 4.88 Å². The predicted octanol–water partition coefficient (Wildman–Crippen LogP) is 5.00. The van der Waals surface area contributed by atoms with Gasteiger partial charge in [-0.3, -0.25) is 0 Å². The standard InChI is InChI=1S/C19H20N2S/c1-4-10-16-14(6-1)7-5-11-17(16)18-12-21-19(22-18)13-20-15-8-2-3-9-15/h1,4-7,10-12,15,20H,2-3,8-9,13H2. The minimum Gasteiger partial charge on any atom is -0.308 e. The van der Waals surface area contributed by atoms with Crippen LogP contribution in [0.25, 0.3) is 21.2 Å². The van der Waals surface area contributed by atoms with Crippen molar-refractivity contribution in [2.24, 2.45) is 0 Å². The number of benzene rings is 2. The van der Waals surface area contributed by atoms with Gasteiger partial charge in [0.15, 0.2) is 0 Å². The van der Waals surface area contributed by atoms with Gasteiger partial charge in [-0.25, -0.2) is 4.98 Å². The molecule has 1 aliphatic carbocycles. The number of rotatable bonds is 4. The highest BCUT2D eigenvalue weighted by Gasteiger charge is 2.15. The van der Waals surface area contributed by atoms with E-state index in [-0.39, 0.29) is 0 Å². The quantitative estimate of drug-likeness (QED) is 0.734. The van der Waals surface area contributed by atoms with Crippen molar-refractivity contribution >= 4 is 22.1 Å². The van der Waals surface area contributed by atoms with Crippen molar-refractivity contribution in [3.05, 3.63) is 53.7 Å². The van der Waals surface area contributed by atoms with Crippen LogP contribution in [0.15, 0.2) is 48.7 Å². The highest BCUT2D eigenvalue weighted by Crippen LogP contribution is 2.32. The molecule has 1 aromatic heterocycles. The van der Waals surface area contributed by atoms with Gasteiger partial charge < -0.3 is 5.32 Å². The van der Waals surface area contributed by atoms with Gasteiger partial charge in [-0.05, 0) is 23.6 Å².